The van der Waals surface area contributed by atoms with Crippen molar-refractivity contribution in [2.24, 2.45) is 0 Å². The average molecular weight is 286 g/mol. The van der Waals surface area contributed by atoms with Crippen molar-refractivity contribution in [1.82, 2.24) is 0 Å². The summed E-state index contributed by atoms with van der Waals surface area (Å²) >= 11 is 0. The normalized spacial score (nSPS) is 11.7. The van der Waals surface area contributed by atoms with Gasteiger partial charge in [-0.1, -0.05) is 83.9 Å². The van der Waals surface area contributed by atoms with Crippen molar-refractivity contribution >= 4 is 0 Å². The van der Waals surface area contributed by atoms with Gasteiger partial charge in [0.2, 0.25) is 0 Å². The molecule has 0 saturated carbocycles. The first kappa shape index (κ1) is 14.6. The summed E-state index contributed by atoms with van der Waals surface area (Å²) in [5.41, 5.74) is 8.42. The van der Waals surface area contributed by atoms with Gasteiger partial charge >= 0.3 is 0 Å². The highest BCUT2D eigenvalue weighted by Crippen LogP contribution is 2.29. The number of fused-ring (bicyclic) bond motifs is 1. The Morgan fingerprint density at radius 3 is 1.77 bits per heavy atom. The summed E-state index contributed by atoms with van der Waals surface area (Å²) in [5.74, 6) is 0. The third-order valence-corrected chi connectivity index (χ3v) is 4.16. The van der Waals surface area contributed by atoms with Crippen LogP contribution in [0.1, 0.15) is 22.3 Å². The fourth-order valence-electron chi connectivity index (χ4n) is 2.73. The molecule has 0 spiro atoms. The summed E-state index contributed by atoms with van der Waals surface area (Å²) < 4.78 is 0. The minimum Gasteiger partial charge on any atom is -0.0622 e. The van der Waals surface area contributed by atoms with E-state index >= 15 is 0 Å². The van der Waals surface area contributed by atoms with Gasteiger partial charge in [0.05, 0.1) is 0 Å². The molecule has 0 radical (unpaired) electrons. The Kier molecular flexibility index (Phi) is 4.39. The number of benzene rings is 3. The second kappa shape index (κ2) is 6.62. The molecule has 0 N–H and O–H groups in total. The van der Waals surface area contributed by atoms with E-state index in [2.05, 4.69) is 68.4 Å². The van der Waals surface area contributed by atoms with Crippen molar-refractivity contribution in [1.29, 1.82) is 0 Å². The smallest absolute Gasteiger partial charge is 0.0181 e. The van der Waals surface area contributed by atoms with E-state index in [0.717, 1.165) is 0 Å². The monoisotopic (exact) mass is 286 g/mol. The van der Waals surface area contributed by atoms with Gasteiger partial charge < -0.3 is 0 Å². The zero-order valence-electron chi connectivity index (χ0n) is 13.3. The predicted octanol–water partition coefficient (Wildman–Crippen LogP) is 5.76. The van der Waals surface area contributed by atoms with Gasteiger partial charge in [-0.05, 0) is 48.9 Å². The number of rotatable bonds is 1. The molecule has 0 saturated heterocycles. The number of aryl methyl sites for hydroxylation is 4. The Labute approximate surface area is 133 Å². The maximum Gasteiger partial charge on any atom is -0.0181 e. The van der Waals surface area contributed by atoms with Crippen molar-refractivity contribution in [3.8, 4) is 11.1 Å². The molecule has 0 bridgehead atoms. The lowest BCUT2D eigenvalue weighted by Crippen LogP contribution is -2.07. The van der Waals surface area contributed by atoms with Gasteiger partial charge in [0.15, 0.2) is 0 Å². The lowest BCUT2D eigenvalue weighted by atomic mass is 9.86. The van der Waals surface area contributed by atoms with E-state index in [-0.39, 0.29) is 0 Å². The van der Waals surface area contributed by atoms with E-state index in [1.54, 1.807) is 0 Å². The lowest BCUT2D eigenvalue weighted by Gasteiger charge is -2.19. The van der Waals surface area contributed by atoms with Crippen LogP contribution >= 0.6 is 0 Å². The van der Waals surface area contributed by atoms with Gasteiger partial charge in [0, 0.05) is 0 Å². The second-order valence-corrected chi connectivity index (χ2v) is 6.01. The van der Waals surface area contributed by atoms with Gasteiger partial charge in [-0.25, -0.2) is 0 Å². The molecule has 0 nitrogen and oxygen atoms in total. The Hall–Kier alpha value is -2.34. The van der Waals surface area contributed by atoms with Crippen molar-refractivity contribution in [3.05, 3.63) is 95.1 Å². The maximum atomic E-state index is 2.34. The van der Waals surface area contributed by atoms with Crippen molar-refractivity contribution in [2.45, 2.75) is 26.7 Å². The molecule has 4 rings (SSSR count). The lowest BCUT2D eigenvalue weighted by molar-refractivity contribution is 0.840. The minimum absolute atomic E-state index is 1.26. The summed E-state index contributed by atoms with van der Waals surface area (Å²) in [6, 6.07) is 25.8. The molecule has 0 unspecified atom stereocenters. The third kappa shape index (κ3) is 3.46. The van der Waals surface area contributed by atoms with Crippen LogP contribution in [-0.2, 0) is 12.8 Å². The summed E-state index contributed by atoms with van der Waals surface area (Å²) in [7, 11) is 0. The minimum atomic E-state index is 1.26. The number of hydrogen-bond donors (Lipinski definition) is 0. The van der Waals surface area contributed by atoms with Crippen LogP contribution in [0.3, 0.4) is 0 Å². The van der Waals surface area contributed by atoms with Crippen molar-refractivity contribution in [2.75, 3.05) is 0 Å². The Morgan fingerprint density at radius 1 is 0.545 bits per heavy atom. The highest BCUT2D eigenvalue weighted by molar-refractivity contribution is 5.66. The molecule has 0 fully saturated rings. The Morgan fingerprint density at radius 2 is 1.23 bits per heavy atom. The molecule has 0 amide bonds. The van der Waals surface area contributed by atoms with E-state index in [0.29, 0.717) is 0 Å². The summed E-state index contributed by atoms with van der Waals surface area (Å²) in [4.78, 5) is 0. The molecule has 0 aromatic heterocycles. The quantitative estimate of drug-likeness (QED) is 0.534. The van der Waals surface area contributed by atoms with Crippen LogP contribution in [0.2, 0.25) is 0 Å². The topological polar surface area (TPSA) is 0 Å². The first-order valence-corrected chi connectivity index (χ1v) is 7.93. The zero-order chi connectivity index (χ0) is 15.4. The van der Waals surface area contributed by atoms with Crippen molar-refractivity contribution < 1.29 is 0 Å². The van der Waals surface area contributed by atoms with Gasteiger partial charge in [0.25, 0.3) is 0 Å². The Bertz CT molecular complexity index is 754. The molecule has 1 aliphatic carbocycles. The standard InChI is InChI=1S/C15H14.C7H8/c1-11-3-2-4-13(9-11)15-8-6-12-5-7-14(12)10-15;1-7-5-3-2-4-6-7/h2-4,6,8-10H,5,7H2,1H3;2-6H,1H3. The predicted molar refractivity (Wildman–Crippen MR) is 95.2 cm³/mol. The summed E-state index contributed by atoms with van der Waals surface area (Å²) in [6.07, 6.45) is 2.53. The largest absolute Gasteiger partial charge is 0.0622 e. The molecule has 0 aliphatic heterocycles. The highest BCUT2D eigenvalue weighted by Gasteiger charge is 2.12. The van der Waals surface area contributed by atoms with Crippen molar-refractivity contribution in [3.63, 3.8) is 0 Å². The van der Waals surface area contributed by atoms with E-state index in [9.17, 15) is 0 Å². The molecule has 3 aromatic carbocycles. The zero-order valence-corrected chi connectivity index (χ0v) is 13.3. The molecule has 22 heavy (non-hydrogen) atoms. The SMILES string of the molecule is Cc1cccc(-c2ccc3c(c2)CC3)c1.Cc1ccccc1. The van der Waals surface area contributed by atoms with Crippen LogP contribution in [0.25, 0.3) is 11.1 Å². The van der Waals surface area contributed by atoms with Crippen LogP contribution < -0.4 is 0 Å². The molecule has 0 atom stereocenters. The first-order valence-electron chi connectivity index (χ1n) is 7.93. The van der Waals surface area contributed by atoms with Crippen LogP contribution in [0.4, 0.5) is 0 Å². The second-order valence-electron chi connectivity index (χ2n) is 6.01. The molecule has 0 heterocycles. The van der Waals surface area contributed by atoms with Crippen LogP contribution in [0.5, 0.6) is 0 Å². The average Bonchev–Trinajstić information content (AvgIpc) is 2.50. The van der Waals surface area contributed by atoms with Crippen LogP contribution in [-0.4, -0.2) is 0 Å². The molecule has 0 heteroatoms. The molecule has 1 aliphatic rings. The van der Waals surface area contributed by atoms with Crippen LogP contribution in [0.15, 0.2) is 72.8 Å². The molecular formula is C22H22. The highest BCUT2D eigenvalue weighted by atomic mass is 14.2. The summed E-state index contributed by atoms with van der Waals surface area (Å²) in [6.45, 7) is 4.23. The van der Waals surface area contributed by atoms with Gasteiger partial charge in [-0.15, -0.1) is 0 Å². The van der Waals surface area contributed by atoms with E-state index < -0.39 is 0 Å². The van der Waals surface area contributed by atoms with E-state index in [4.69, 9.17) is 0 Å². The maximum absolute atomic E-state index is 2.34. The Balaban J connectivity index is 0.000000174. The van der Waals surface area contributed by atoms with Gasteiger partial charge in [0.1, 0.15) is 0 Å². The molecule has 110 valence electrons. The van der Waals surface area contributed by atoms with Crippen LogP contribution in [0, 0.1) is 13.8 Å². The fraction of sp³-hybridized carbons (Fsp3) is 0.182. The summed E-state index contributed by atoms with van der Waals surface area (Å²) in [5, 5.41) is 0. The van der Waals surface area contributed by atoms with Gasteiger partial charge in [-0.2, -0.15) is 0 Å². The number of hydrogen-bond acceptors (Lipinski definition) is 0. The fourth-order valence-corrected chi connectivity index (χ4v) is 2.73. The van der Waals surface area contributed by atoms with Gasteiger partial charge in [-0.3, -0.25) is 0 Å². The van der Waals surface area contributed by atoms with E-state index in [1.165, 1.54) is 46.2 Å². The molecule has 3 aromatic rings. The third-order valence-electron chi connectivity index (χ3n) is 4.16. The molecular weight excluding hydrogens is 264 g/mol. The van der Waals surface area contributed by atoms with E-state index in [1.807, 2.05) is 18.2 Å². The first-order chi connectivity index (χ1) is 10.7.